The Kier molecular flexibility index (Phi) is 5.32. The zero-order chi connectivity index (χ0) is 31.1. The predicted octanol–water partition coefficient (Wildman–Crippen LogP) is 11.3. The van der Waals surface area contributed by atoms with Crippen molar-refractivity contribution in [3.8, 4) is 28.6 Å². The number of benzene rings is 7. The molecule has 7 aromatic carbocycles. The number of nitriles is 1. The molecule has 4 heteroatoms. The summed E-state index contributed by atoms with van der Waals surface area (Å²) in [5, 5.41) is 17.4. The van der Waals surface area contributed by atoms with E-state index >= 15 is 0 Å². The molecule has 0 saturated carbocycles. The lowest BCUT2D eigenvalue weighted by molar-refractivity contribution is 0.669. The minimum absolute atomic E-state index is 0.636. The molecule has 0 spiro atoms. The maximum Gasteiger partial charge on any atom is 0.136 e. The van der Waals surface area contributed by atoms with E-state index in [2.05, 4.69) is 143 Å². The molecule has 218 valence electrons. The molecule has 10 aromatic rings. The van der Waals surface area contributed by atoms with E-state index < -0.39 is 0 Å². The van der Waals surface area contributed by atoms with Crippen LogP contribution in [-0.4, -0.2) is 9.13 Å². The lowest BCUT2D eigenvalue weighted by atomic mass is 9.99. The van der Waals surface area contributed by atoms with Crippen molar-refractivity contribution in [2.24, 2.45) is 0 Å². The van der Waals surface area contributed by atoms with Gasteiger partial charge in [0.15, 0.2) is 0 Å². The third-order valence-corrected chi connectivity index (χ3v) is 9.57. The van der Waals surface area contributed by atoms with Gasteiger partial charge in [-0.15, -0.1) is 0 Å². The second kappa shape index (κ2) is 9.71. The van der Waals surface area contributed by atoms with E-state index in [0.717, 1.165) is 66.5 Å². The first kappa shape index (κ1) is 25.7. The Bertz CT molecular complexity index is 2860. The minimum atomic E-state index is 0.636. The largest absolute Gasteiger partial charge is 0.456 e. The van der Waals surface area contributed by atoms with Crippen LogP contribution in [0.15, 0.2) is 156 Å². The quantitative estimate of drug-likeness (QED) is 0.203. The second-order valence-corrected chi connectivity index (χ2v) is 12.0. The third kappa shape index (κ3) is 3.57. The van der Waals surface area contributed by atoms with E-state index in [1.807, 2.05) is 24.3 Å². The number of para-hydroxylation sites is 5. The highest BCUT2D eigenvalue weighted by atomic mass is 16.3. The molecule has 3 heterocycles. The maximum atomic E-state index is 10.4. The van der Waals surface area contributed by atoms with Gasteiger partial charge in [-0.1, -0.05) is 97.1 Å². The number of hydrogen-bond donors (Lipinski definition) is 0. The van der Waals surface area contributed by atoms with E-state index in [-0.39, 0.29) is 0 Å². The van der Waals surface area contributed by atoms with Gasteiger partial charge >= 0.3 is 0 Å². The van der Waals surface area contributed by atoms with Crippen molar-refractivity contribution in [2.45, 2.75) is 0 Å². The SMILES string of the molecule is N#Cc1cccc(-c2ccc(-n3c4ccccc4c4c5c(ccc43)oc3ccccc35)cc2)c1-n1c2ccccc2c2ccccc21. The number of fused-ring (bicyclic) bond motifs is 10. The zero-order valence-electron chi connectivity index (χ0n) is 25.2. The first-order valence-electron chi connectivity index (χ1n) is 15.8. The summed E-state index contributed by atoms with van der Waals surface area (Å²) in [4.78, 5) is 0. The predicted molar refractivity (Wildman–Crippen MR) is 193 cm³/mol. The van der Waals surface area contributed by atoms with Crippen LogP contribution in [0.1, 0.15) is 5.56 Å². The van der Waals surface area contributed by atoms with Crippen LogP contribution in [0.2, 0.25) is 0 Å². The van der Waals surface area contributed by atoms with Gasteiger partial charge in [0, 0.05) is 43.6 Å². The monoisotopic (exact) mass is 599 g/mol. The second-order valence-electron chi connectivity index (χ2n) is 12.0. The number of hydrogen-bond acceptors (Lipinski definition) is 2. The smallest absolute Gasteiger partial charge is 0.136 e. The zero-order valence-corrected chi connectivity index (χ0v) is 25.2. The Morgan fingerprint density at radius 3 is 1.77 bits per heavy atom. The topological polar surface area (TPSA) is 46.8 Å². The standard InChI is InChI=1S/C43H25N3O/c44-26-28-10-9-15-30(43(28)46-35-16-5-1-11-31(35)32-12-2-6-17-36(32)46)27-20-22-29(23-21-27)45-37-18-7-3-13-33(37)41-38(45)24-25-40-42(41)34-14-4-8-19-39(34)47-40/h1-25H. The minimum Gasteiger partial charge on any atom is -0.456 e. The van der Waals surface area contributed by atoms with Gasteiger partial charge in [0.05, 0.1) is 33.3 Å². The summed E-state index contributed by atoms with van der Waals surface area (Å²) >= 11 is 0. The Labute approximate surface area is 269 Å². The summed E-state index contributed by atoms with van der Waals surface area (Å²) in [7, 11) is 0. The van der Waals surface area contributed by atoms with Crippen molar-refractivity contribution in [3.63, 3.8) is 0 Å². The summed E-state index contributed by atoms with van der Waals surface area (Å²) in [6.07, 6.45) is 0. The van der Waals surface area contributed by atoms with Crippen LogP contribution in [0.4, 0.5) is 0 Å². The number of aromatic nitrogens is 2. The fourth-order valence-electron chi connectivity index (χ4n) is 7.61. The third-order valence-electron chi connectivity index (χ3n) is 9.57. The molecule has 0 amide bonds. The van der Waals surface area contributed by atoms with Crippen molar-refractivity contribution >= 4 is 65.6 Å². The average molecular weight is 600 g/mol. The van der Waals surface area contributed by atoms with E-state index in [0.29, 0.717) is 5.56 Å². The lowest BCUT2D eigenvalue weighted by Gasteiger charge is -2.16. The summed E-state index contributed by atoms with van der Waals surface area (Å²) in [6.45, 7) is 0. The van der Waals surface area contributed by atoms with E-state index in [9.17, 15) is 5.26 Å². The Morgan fingerprint density at radius 2 is 1.06 bits per heavy atom. The Morgan fingerprint density at radius 1 is 0.447 bits per heavy atom. The van der Waals surface area contributed by atoms with E-state index in [1.165, 1.54) is 21.5 Å². The van der Waals surface area contributed by atoms with Crippen LogP contribution >= 0.6 is 0 Å². The van der Waals surface area contributed by atoms with E-state index in [4.69, 9.17) is 4.42 Å². The first-order valence-corrected chi connectivity index (χ1v) is 15.8. The van der Waals surface area contributed by atoms with Gasteiger partial charge in [-0.25, -0.2) is 0 Å². The molecular weight excluding hydrogens is 574 g/mol. The van der Waals surface area contributed by atoms with Crippen LogP contribution in [0.25, 0.3) is 88.1 Å². The van der Waals surface area contributed by atoms with Crippen molar-refractivity contribution < 1.29 is 4.42 Å². The van der Waals surface area contributed by atoms with Gasteiger partial charge in [-0.2, -0.15) is 5.26 Å². The summed E-state index contributed by atoms with van der Waals surface area (Å²) < 4.78 is 10.9. The molecular formula is C43H25N3O. The van der Waals surface area contributed by atoms with Gasteiger partial charge in [-0.05, 0) is 60.2 Å². The summed E-state index contributed by atoms with van der Waals surface area (Å²) in [5.41, 5.74) is 10.9. The fraction of sp³-hybridized carbons (Fsp3) is 0. The molecule has 0 aliphatic rings. The van der Waals surface area contributed by atoms with Crippen molar-refractivity contribution in [1.82, 2.24) is 9.13 Å². The van der Waals surface area contributed by atoms with Crippen LogP contribution in [0, 0.1) is 11.3 Å². The molecule has 10 rings (SSSR count). The first-order chi connectivity index (χ1) is 23.3. The molecule has 0 fully saturated rings. The molecule has 47 heavy (non-hydrogen) atoms. The molecule has 3 aromatic heterocycles. The summed E-state index contributed by atoms with van der Waals surface area (Å²) in [5.74, 6) is 0. The average Bonchev–Trinajstić information content (AvgIpc) is 3.79. The molecule has 0 radical (unpaired) electrons. The molecule has 0 atom stereocenters. The van der Waals surface area contributed by atoms with Gasteiger partial charge in [0.25, 0.3) is 0 Å². The van der Waals surface area contributed by atoms with Crippen molar-refractivity contribution in [3.05, 3.63) is 157 Å². The molecule has 0 aliphatic heterocycles. The van der Waals surface area contributed by atoms with Gasteiger partial charge < -0.3 is 13.6 Å². The van der Waals surface area contributed by atoms with E-state index in [1.54, 1.807) is 0 Å². The molecule has 4 nitrogen and oxygen atoms in total. The van der Waals surface area contributed by atoms with Crippen LogP contribution in [0.3, 0.4) is 0 Å². The Hall–Kier alpha value is -6.57. The molecule has 0 unspecified atom stereocenters. The summed E-state index contributed by atoms with van der Waals surface area (Å²) in [6, 6.07) is 55.2. The maximum absolute atomic E-state index is 10.4. The Balaban J connectivity index is 1.20. The van der Waals surface area contributed by atoms with Gasteiger partial charge in [0.1, 0.15) is 17.2 Å². The van der Waals surface area contributed by atoms with Gasteiger partial charge in [0.2, 0.25) is 0 Å². The fourth-order valence-corrected chi connectivity index (χ4v) is 7.61. The number of furan rings is 1. The van der Waals surface area contributed by atoms with Crippen LogP contribution < -0.4 is 0 Å². The number of rotatable bonds is 3. The number of nitrogens with zero attached hydrogens (tertiary/aromatic N) is 3. The van der Waals surface area contributed by atoms with Gasteiger partial charge in [-0.3, -0.25) is 0 Å². The molecule has 0 N–H and O–H groups in total. The van der Waals surface area contributed by atoms with Crippen LogP contribution in [-0.2, 0) is 0 Å². The van der Waals surface area contributed by atoms with Crippen LogP contribution in [0.5, 0.6) is 0 Å². The van der Waals surface area contributed by atoms with Crippen molar-refractivity contribution in [1.29, 1.82) is 5.26 Å². The molecule has 0 aliphatic carbocycles. The highest BCUT2D eigenvalue weighted by Crippen LogP contribution is 2.42. The lowest BCUT2D eigenvalue weighted by Crippen LogP contribution is -2.01. The highest BCUT2D eigenvalue weighted by Gasteiger charge is 2.20. The molecule has 0 bridgehead atoms. The molecule has 0 saturated heterocycles. The highest BCUT2D eigenvalue weighted by molar-refractivity contribution is 6.27. The van der Waals surface area contributed by atoms with Crippen molar-refractivity contribution in [2.75, 3.05) is 0 Å². The normalized spacial score (nSPS) is 11.8.